The van der Waals surface area contributed by atoms with Gasteiger partial charge in [-0.3, -0.25) is 14.4 Å². The van der Waals surface area contributed by atoms with Crippen molar-refractivity contribution in [3.8, 4) is 0 Å². The molecule has 24 heavy (non-hydrogen) atoms. The van der Waals surface area contributed by atoms with Gasteiger partial charge in [-0.25, -0.2) is 0 Å². The Morgan fingerprint density at radius 2 is 1.79 bits per heavy atom. The number of benzene rings is 1. The lowest BCUT2D eigenvalue weighted by atomic mass is 10.1. The number of carbonyl (C=O) groups is 1. The van der Waals surface area contributed by atoms with Crippen LogP contribution in [0.4, 0.5) is 0 Å². The van der Waals surface area contributed by atoms with Gasteiger partial charge >= 0.3 is 0 Å². The summed E-state index contributed by atoms with van der Waals surface area (Å²) in [5, 5.41) is 7.08. The minimum Gasteiger partial charge on any atom is -0.348 e. The number of nitrogens with zero attached hydrogens (tertiary/aromatic N) is 3. The van der Waals surface area contributed by atoms with Crippen molar-refractivity contribution in [2.75, 3.05) is 13.1 Å². The lowest BCUT2D eigenvalue weighted by Crippen LogP contribution is -2.29. The van der Waals surface area contributed by atoms with E-state index in [4.69, 9.17) is 0 Å². The molecule has 1 aromatic carbocycles. The van der Waals surface area contributed by atoms with Crippen LogP contribution >= 0.6 is 0 Å². The van der Waals surface area contributed by atoms with Crippen molar-refractivity contribution in [2.45, 2.75) is 39.3 Å². The number of aryl methyl sites for hydroxylation is 1. The molecular weight excluding hydrogens is 300 g/mol. The van der Waals surface area contributed by atoms with Crippen molar-refractivity contribution in [2.24, 2.45) is 7.05 Å². The summed E-state index contributed by atoms with van der Waals surface area (Å²) < 4.78 is 1.71. The zero-order valence-corrected chi connectivity index (χ0v) is 14.6. The van der Waals surface area contributed by atoms with Crippen LogP contribution in [0.25, 0.3) is 0 Å². The SMILES string of the molecule is Cc1c(C(=O)NCc2ccc(CN3CCCCC3)cc2)cnn1C. The molecule has 1 aromatic heterocycles. The molecule has 2 heterocycles. The third-order valence-electron chi connectivity index (χ3n) is 4.81. The summed E-state index contributed by atoms with van der Waals surface area (Å²) in [4.78, 5) is 14.7. The number of hydrogen-bond donors (Lipinski definition) is 1. The maximum atomic E-state index is 12.2. The van der Waals surface area contributed by atoms with Gasteiger partial charge < -0.3 is 5.32 Å². The molecule has 5 nitrogen and oxygen atoms in total. The molecule has 0 bridgehead atoms. The molecule has 0 radical (unpaired) electrons. The first-order valence-corrected chi connectivity index (χ1v) is 8.70. The van der Waals surface area contributed by atoms with E-state index in [-0.39, 0.29) is 5.91 Å². The van der Waals surface area contributed by atoms with Crippen LogP contribution in [0.15, 0.2) is 30.5 Å². The van der Waals surface area contributed by atoms with Gasteiger partial charge in [0.15, 0.2) is 0 Å². The molecule has 1 saturated heterocycles. The summed E-state index contributed by atoms with van der Waals surface area (Å²) in [6.07, 6.45) is 5.62. The molecule has 0 saturated carbocycles. The van der Waals surface area contributed by atoms with E-state index in [0.717, 1.165) is 17.8 Å². The molecule has 2 aromatic rings. The van der Waals surface area contributed by atoms with Crippen molar-refractivity contribution in [3.63, 3.8) is 0 Å². The van der Waals surface area contributed by atoms with Gasteiger partial charge in [0.2, 0.25) is 0 Å². The van der Waals surface area contributed by atoms with Crippen LogP contribution in [0.3, 0.4) is 0 Å². The summed E-state index contributed by atoms with van der Waals surface area (Å²) >= 11 is 0. The highest BCUT2D eigenvalue weighted by molar-refractivity contribution is 5.94. The van der Waals surface area contributed by atoms with E-state index in [9.17, 15) is 4.79 Å². The number of nitrogens with one attached hydrogen (secondary N) is 1. The quantitative estimate of drug-likeness (QED) is 0.919. The third kappa shape index (κ3) is 4.03. The van der Waals surface area contributed by atoms with Crippen molar-refractivity contribution in [1.82, 2.24) is 20.0 Å². The second kappa shape index (κ2) is 7.62. The summed E-state index contributed by atoms with van der Waals surface area (Å²) in [5.41, 5.74) is 3.98. The van der Waals surface area contributed by atoms with Gasteiger partial charge in [0.05, 0.1) is 11.8 Å². The standard InChI is InChI=1S/C19H26N4O/c1-15-18(13-21-22(15)2)19(24)20-12-16-6-8-17(9-7-16)14-23-10-4-3-5-11-23/h6-9,13H,3-5,10-12,14H2,1-2H3,(H,20,24). The summed E-state index contributed by atoms with van der Waals surface area (Å²) in [6.45, 7) is 5.89. The highest BCUT2D eigenvalue weighted by Crippen LogP contribution is 2.14. The molecule has 1 aliphatic rings. The average Bonchev–Trinajstić information content (AvgIpc) is 2.94. The molecule has 3 rings (SSSR count). The Hall–Kier alpha value is -2.14. The van der Waals surface area contributed by atoms with Crippen LogP contribution in [0.1, 0.15) is 46.4 Å². The van der Waals surface area contributed by atoms with E-state index in [1.165, 1.54) is 37.9 Å². The Morgan fingerprint density at radius 1 is 1.12 bits per heavy atom. The van der Waals surface area contributed by atoms with E-state index < -0.39 is 0 Å². The van der Waals surface area contributed by atoms with Crippen molar-refractivity contribution in [1.29, 1.82) is 0 Å². The first kappa shape index (κ1) is 16.7. The Kier molecular flexibility index (Phi) is 5.30. The van der Waals surface area contributed by atoms with Crippen molar-refractivity contribution >= 4 is 5.91 Å². The first-order valence-electron chi connectivity index (χ1n) is 8.70. The molecule has 5 heteroatoms. The number of piperidine rings is 1. The molecular formula is C19H26N4O. The van der Waals surface area contributed by atoms with Crippen LogP contribution in [-0.4, -0.2) is 33.7 Å². The Balaban J connectivity index is 1.52. The maximum Gasteiger partial charge on any atom is 0.255 e. The van der Waals surface area contributed by atoms with Crippen molar-refractivity contribution < 1.29 is 4.79 Å². The van der Waals surface area contributed by atoms with Gasteiger partial charge in [0.1, 0.15) is 0 Å². The van der Waals surface area contributed by atoms with Crippen molar-refractivity contribution in [3.05, 3.63) is 52.8 Å². The molecule has 128 valence electrons. The second-order valence-electron chi connectivity index (χ2n) is 6.60. The lowest BCUT2D eigenvalue weighted by molar-refractivity contribution is 0.0950. The molecule has 1 amide bonds. The topological polar surface area (TPSA) is 50.2 Å². The minimum absolute atomic E-state index is 0.0713. The fourth-order valence-corrected chi connectivity index (χ4v) is 3.14. The fourth-order valence-electron chi connectivity index (χ4n) is 3.14. The molecule has 1 fully saturated rings. The van der Waals surface area contributed by atoms with Gasteiger partial charge in [-0.05, 0) is 44.0 Å². The zero-order valence-electron chi connectivity index (χ0n) is 14.6. The predicted octanol–water partition coefficient (Wildman–Crippen LogP) is 2.64. The fraction of sp³-hybridized carbons (Fsp3) is 0.474. The molecule has 0 aliphatic carbocycles. The first-order chi connectivity index (χ1) is 11.6. The van der Waals surface area contributed by atoms with E-state index in [0.29, 0.717) is 12.1 Å². The van der Waals surface area contributed by atoms with Gasteiger partial charge in [-0.15, -0.1) is 0 Å². The van der Waals surface area contributed by atoms with Crippen LogP contribution in [0.2, 0.25) is 0 Å². The predicted molar refractivity (Wildman–Crippen MR) is 94.7 cm³/mol. The molecule has 0 spiro atoms. The van der Waals surface area contributed by atoms with E-state index in [1.807, 2.05) is 14.0 Å². The highest BCUT2D eigenvalue weighted by atomic mass is 16.1. The molecule has 1 N–H and O–H groups in total. The maximum absolute atomic E-state index is 12.2. The molecule has 0 unspecified atom stereocenters. The number of aromatic nitrogens is 2. The van der Waals surface area contributed by atoms with Gasteiger partial charge in [-0.2, -0.15) is 5.10 Å². The number of amides is 1. The monoisotopic (exact) mass is 326 g/mol. The largest absolute Gasteiger partial charge is 0.348 e. The Bertz CT molecular complexity index is 684. The summed E-state index contributed by atoms with van der Waals surface area (Å²) in [6, 6.07) is 8.56. The Morgan fingerprint density at radius 3 is 2.42 bits per heavy atom. The Labute approximate surface area is 143 Å². The van der Waals surface area contributed by atoms with Crippen LogP contribution in [0.5, 0.6) is 0 Å². The number of carbonyl (C=O) groups excluding carboxylic acids is 1. The van der Waals surface area contributed by atoms with Gasteiger partial charge in [-0.1, -0.05) is 30.7 Å². The van der Waals surface area contributed by atoms with Crippen LogP contribution in [0, 0.1) is 6.92 Å². The highest BCUT2D eigenvalue weighted by Gasteiger charge is 2.13. The zero-order chi connectivity index (χ0) is 16.9. The number of likely N-dealkylation sites (tertiary alicyclic amines) is 1. The van der Waals surface area contributed by atoms with E-state index in [2.05, 4.69) is 39.6 Å². The summed E-state index contributed by atoms with van der Waals surface area (Å²) in [5.74, 6) is -0.0713. The average molecular weight is 326 g/mol. The smallest absolute Gasteiger partial charge is 0.255 e. The minimum atomic E-state index is -0.0713. The lowest BCUT2D eigenvalue weighted by Gasteiger charge is -2.26. The number of rotatable bonds is 5. The second-order valence-corrected chi connectivity index (χ2v) is 6.60. The van der Waals surface area contributed by atoms with Gasteiger partial charge in [0, 0.05) is 25.8 Å². The van der Waals surface area contributed by atoms with Crippen LogP contribution in [-0.2, 0) is 20.1 Å². The van der Waals surface area contributed by atoms with E-state index in [1.54, 1.807) is 10.9 Å². The third-order valence-corrected chi connectivity index (χ3v) is 4.81. The normalized spacial score (nSPS) is 15.4. The molecule has 0 atom stereocenters. The molecule has 1 aliphatic heterocycles. The summed E-state index contributed by atoms with van der Waals surface area (Å²) in [7, 11) is 1.84. The van der Waals surface area contributed by atoms with E-state index >= 15 is 0 Å². The van der Waals surface area contributed by atoms with Crippen LogP contribution < -0.4 is 5.32 Å². The number of hydrogen-bond acceptors (Lipinski definition) is 3. The van der Waals surface area contributed by atoms with Gasteiger partial charge in [0.25, 0.3) is 5.91 Å².